The molecular weight excluding hydrogens is 899 g/mol. The monoisotopic (exact) mass is 951 g/mol. The summed E-state index contributed by atoms with van der Waals surface area (Å²) in [6.07, 6.45) is 0. The Bertz CT molecular complexity index is 4630. The van der Waals surface area contributed by atoms with Gasteiger partial charge in [0.2, 0.25) is 0 Å². The molecule has 0 radical (unpaired) electrons. The molecule has 10 aromatic carbocycles. The van der Waals surface area contributed by atoms with Gasteiger partial charge < -0.3 is 14.2 Å². The molecule has 15 rings (SSSR count). The highest BCUT2D eigenvalue weighted by molar-refractivity contribution is 6.36. The van der Waals surface area contributed by atoms with Crippen LogP contribution in [-0.2, 0) is 10.8 Å². The van der Waals surface area contributed by atoms with Crippen LogP contribution in [-0.4, -0.2) is 13.8 Å². The summed E-state index contributed by atoms with van der Waals surface area (Å²) in [6, 6.07) is 78.6. The van der Waals surface area contributed by atoms with Crippen molar-refractivity contribution < 1.29 is 0 Å². The van der Waals surface area contributed by atoms with E-state index >= 15 is 0 Å². The fourth-order valence-electron chi connectivity index (χ4n) is 12.4. The van der Waals surface area contributed by atoms with Crippen LogP contribution in [0.4, 0.5) is 34.1 Å². The van der Waals surface area contributed by atoms with Crippen LogP contribution in [0, 0.1) is 0 Å². The smallest absolute Gasteiger partial charge is 0.146 e. The number of aromatic nitrogens is 3. The maximum Gasteiger partial charge on any atom is 0.146 e. The summed E-state index contributed by atoms with van der Waals surface area (Å²) in [4.78, 5) is 11.0. The highest BCUT2D eigenvalue weighted by Crippen LogP contribution is 2.53. The van der Waals surface area contributed by atoms with Crippen LogP contribution in [0.5, 0.6) is 0 Å². The summed E-state index contributed by atoms with van der Waals surface area (Å²) < 4.78 is 5.11. The molecule has 15 aromatic rings. The van der Waals surface area contributed by atoms with Crippen LogP contribution in [0.2, 0.25) is 0 Å². The Balaban J connectivity index is 1.17. The number of benzene rings is 10. The number of anilines is 6. The van der Waals surface area contributed by atoms with E-state index in [-0.39, 0.29) is 10.8 Å². The highest BCUT2D eigenvalue weighted by Gasteiger charge is 2.32. The molecule has 0 saturated carbocycles. The number of pyridine rings is 1. The van der Waals surface area contributed by atoms with Gasteiger partial charge in [0, 0.05) is 60.5 Å². The fourth-order valence-corrected chi connectivity index (χ4v) is 12.4. The third-order valence-electron chi connectivity index (χ3n) is 15.9. The van der Waals surface area contributed by atoms with E-state index in [1.165, 1.54) is 76.2 Å². The van der Waals surface area contributed by atoms with Crippen molar-refractivity contribution in [3.63, 3.8) is 0 Å². The van der Waals surface area contributed by atoms with Gasteiger partial charge in [0.15, 0.2) is 0 Å². The first-order valence-corrected chi connectivity index (χ1v) is 26.0. The van der Waals surface area contributed by atoms with Crippen LogP contribution >= 0.6 is 0 Å². The second-order valence-electron chi connectivity index (χ2n) is 22.4. The number of hydrogen-bond acceptors (Lipinski definition) is 3. The Morgan fingerprint density at radius 1 is 0.338 bits per heavy atom. The molecule has 0 amide bonds. The third-order valence-corrected chi connectivity index (χ3v) is 15.9. The van der Waals surface area contributed by atoms with Gasteiger partial charge in [-0.15, -0.1) is 0 Å². The van der Waals surface area contributed by atoms with E-state index in [4.69, 9.17) is 4.98 Å². The SMILES string of the molecule is CC(C)(C)c1cc(N(c2ccccc2)c2ccccc2)c2c(c1)c1c3ccccc3cc3c4nc5c(cc4n2c31)c1c2ccccc2cc2c3cc(C(C)(C)C)cc(N(c4ccccc4)c4ccccc4)c3n5c21. The van der Waals surface area contributed by atoms with Gasteiger partial charge in [-0.1, -0.05) is 163 Å². The molecule has 5 nitrogen and oxygen atoms in total. The summed E-state index contributed by atoms with van der Waals surface area (Å²) in [5, 5.41) is 13.4. The van der Waals surface area contributed by atoms with Crippen LogP contribution in [0.3, 0.4) is 0 Å². The second-order valence-corrected chi connectivity index (χ2v) is 22.4. The minimum absolute atomic E-state index is 0.127. The van der Waals surface area contributed by atoms with Gasteiger partial charge in [-0.25, -0.2) is 4.98 Å². The molecule has 354 valence electrons. The first-order chi connectivity index (χ1) is 36.0. The van der Waals surface area contributed by atoms with Crippen LogP contribution in [0.1, 0.15) is 52.7 Å². The van der Waals surface area contributed by atoms with Crippen molar-refractivity contribution in [2.24, 2.45) is 0 Å². The lowest BCUT2D eigenvalue weighted by Crippen LogP contribution is -2.15. The number of hydrogen-bond donors (Lipinski definition) is 0. The summed E-state index contributed by atoms with van der Waals surface area (Å²) in [5.74, 6) is 0. The van der Waals surface area contributed by atoms with Gasteiger partial charge in [-0.3, -0.25) is 4.40 Å². The molecule has 0 aliphatic rings. The van der Waals surface area contributed by atoms with Gasteiger partial charge in [-0.05, 0) is 134 Å². The minimum Gasteiger partial charge on any atom is -0.308 e. The zero-order valence-corrected chi connectivity index (χ0v) is 42.4. The molecule has 0 aliphatic heterocycles. The molecule has 0 unspecified atom stereocenters. The van der Waals surface area contributed by atoms with E-state index in [0.29, 0.717) is 0 Å². The number of nitrogens with zero attached hydrogens (tertiary/aromatic N) is 5. The van der Waals surface area contributed by atoms with Crippen LogP contribution in [0.25, 0.3) is 98.0 Å². The predicted molar refractivity (Wildman–Crippen MR) is 315 cm³/mol. The Morgan fingerprint density at radius 2 is 0.730 bits per heavy atom. The lowest BCUT2D eigenvalue weighted by molar-refractivity contribution is 0.591. The first kappa shape index (κ1) is 42.7. The summed E-state index contributed by atoms with van der Waals surface area (Å²) in [7, 11) is 0. The van der Waals surface area contributed by atoms with Crippen LogP contribution in [0.15, 0.2) is 212 Å². The van der Waals surface area contributed by atoms with E-state index in [1.54, 1.807) is 0 Å². The zero-order valence-electron chi connectivity index (χ0n) is 42.4. The van der Waals surface area contributed by atoms with E-state index in [1.807, 2.05) is 0 Å². The molecule has 0 saturated heterocycles. The topological polar surface area (TPSA) is 28.2 Å². The molecule has 5 heteroatoms. The van der Waals surface area contributed by atoms with Crippen molar-refractivity contribution in [2.45, 2.75) is 52.4 Å². The van der Waals surface area contributed by atoms with Crippen molar-refractivity contribution in [1.82, 2.24) is 13.8 Å². The normalized spacial score (nSPS) is 12.7. The van der Waals surface area contributed by atoms with E-state index < -0.39 is 0 Å². The molecule has 0 bridgehead atoms. The molecule has 0 atom stereocenters. The third kappa shape index (κ3) is 6.01. The van der Waals surface area contributed by atoms with Gasteiger partial charge in [0.25, 0.3) is 0 Å². The van der Waals surface area contributed by atoms with Crippen molar-refractivity contribution in [3.05, 3.63) is 223 Å². The highest BCUT2D eigenvalue weighted by atomic mass is 15.2. The average molecular weight is 952 g/mol. The molecule has 0 fully saturated rings. The van der Waals surface area contributed by atoms with Gasteiger partial charge in [-0.2, -0.15) is 0 Å². The summed E-state index contributed by atoms with van der Waals surface area (Å²) in [5.41, 5.74) is 16.8. The zero-order chi connectivity index (χ0) is 49.8. The molecular formula is C69H53N5. The van der Waals surface area contributed by atoms with Crippen molar-refractivity contribution in [2.75, 3.05) is 9.80 Å². The van der Waals surface area contributed by atoms with E-state index in [9.17, 15) is 0 Å². The number of fused-ring (bicyclic) bond motifs is 16. The largest absolute Gasteiger partial charge is 0.308 e. The Kier molecular flexibility index (Phi) is 8.83. The van der Waals surface area contributed by atoms with Gasteiger partial charge in [0.05, 0.1) is 44.5 Å². The Hall–Kier alpha value is -8.93. The Labute approximate surface area is 429 Å². The quantitative estimate of drug-likeness (QED) is 0.166. The van der Waals surface area contributed by atoms with Crippen molar-refractivity contribution in [1.29, 1.82) is 0 Å². The average Bonchev–Trinajstić information content (AvgIpc) is 4.14. The maximum atomic E-state index is 6.10. The Morgan fingerprint density at radius 3 is 1.22 bits per heavy atom. The second kappa shape index (κ2) is 15.3. The number of para-hydroxylation sites is 4. The molecule has 0 aliphatic carbocycles. The molecule has 5 aromatic heterocycles. The molecule has 74 heavy (non-hydrogen) atoms. The molecule has 0 spiro atoms. The standard InChI is InChI=1S/C69H53N5/c1-68(2,3)44-37-53-52-35-42-23-19-22-34-51(42)61-55-41-57-62(70-67(55)74(65(52)61)63(53)58(39-44)71(46-25-11-7-12-26-46)47-27-13-8-14-28-47)56-36-43-24-20-21-33-50(43)60-54-38-45(69(4,5)6)40-59(64(54)73(57)66(56)60)72(48-29-15-9-16-30-48)49-31-17-10-18-32-49/h7-41H,1-6H3. The molecule has 5 heterocycles. The maximum absolute atomic E-state index is 6.10. The van der Waals surface area contributed by atoms with Gasteiger partial charge in [0.1, 0.15) is 5.65 Å². The lowest BCUT2D eigenvalue weighted by Gasteiger charge is -2.29. The van der Waals surface area contributed by atoms with E-state index in [0.717, 1.165) is 67.1 Å². The first-order valence-electron chi connectivity index (χ1n) is 26.0. The minimum atomic E-state index is -0.132. The fraction of sp³-hybridized carbons (Fsp3) is 0.116. The molecule has 0 N–H and O–H groups in total. The van der Waals surface area contributed by atoms with E-state index in [2.05, 4.69) is 272 Å². The lowest BCUT2D eigenvalue weighted by atomic mass is 9.85. The van der Waals surface area contributed by atoms with Crippen LogP contribution < -0.4 is 9.80 Å². The summed E-state index contributed by atoms with van der Waals surface area (Å²) >= 11 is 0. The summed E-state index contributed by atoms with van der Waals surface area (Å²) in [6.45, 7) is 14.0. The van der Waals surface area contributed by atoms with Gasteiger partial charge >= 0.3 is 0 Å². The van der Waals surface area contributed by atoms with Crippen molar-refractivity contribution >= 4 is 132 Å². The van der Waals surface area contributed by atoms with Crippen molar-refractivity contribution in [3.8, 4) is 0 Å². The number of rotatable bonds is 6. The predicted octanol–water partition coefficient (Wildman–Crippen LogP) is 19.2.